The van der Waals surface area contributed by atoms with Gasteiger partial charge in [0.1, 0.15) is 11.4 Å². The van der Waals surface area contributed by atoms with E-state index in [2.05, 4.69) is 11.9 Å². The topological polar surface area (TPSA) is 71.6 Å². The van der Waals surface area contributed by atoms with E-state index in [1.807, 2.05) is 23.1 Å². The van der Waals surface area contributed by atoms with Crippen LogP contribution in [0, 0.1) is 0 Å². The third kappa shape index (κ3) is 3.69. The standard InChI is InChI=1S/C20H26N2O4/c1-4-15-7-5-6-10-22(15)19(23)13(2)26-20(24)18-11-14-8-9-16(25-3)12-17(14)21-18/h8-9,11-13,15,21H,4-7,10H2,1-3H3. The first-order chi connectivity index (χ1) is 12.5. The van der Waals surface area contributed by atoms with Crippen molar-refractivity contribution in [3.8, 4) is 5.75 Å². The average Bonchev–Trinajstić information content (AvgIpc) is 3.10. The van der Waals surface area contributed by atoms with Crippen LogP contribution in [0.25, 0.3) is 10.9 Å². The first-order valence-corrected chi connectivity index (χ1v) is 9.21. The van der Waals surface area contributed by atoms with Gasteiger partial charge in [0.05, 0.1) is 7.11 Å². The van der Waals surface area contributed by atoms with Crippen LogP contribution in [-0.2, 0) is 9.53 Å². The summed E-state index contributed by atoms with van der Waals surface area (Å²) in [6, 6.07) is 7.50. The number of H-pyrrole nitrogens is 1. The molecule has 1 saturated heterocycles. The van der Waals surface area contributed by atoms with Crippen LogP contribution >= 0.6 is 0 Å². The van der Waals surface area contributed by atoms with Crippen molar-refractivity contribution in [3.05, 3.63) is 30.0 Å². The summed E-state index contributed by atoms with van der Waals surface area (Å²) in [4.78, 5) is 30.1. The molecule has 0 saturated carbocycles. The van der Waals surface area contributed by atoms with Gasteiger partial charge in [0.2, 0.25) is 0 Å². The Balaban J connectivity index is 1.69. The van der Waals surface area contributed by atoms with Crippen molar-refractivity contribution in [2.75, 3.05) is 13.7 Å². The number of rotatable bonds is 5. The zero-order valence-corrected chi connectivity index (χ0v) is 15.6. The van der Waals surface area contributed by atoms with Gasteiger partial charge in [-0.1, -0.05) is 6.92 Å². The minimum absolute atomic E-state index is 0.109. The van der Waals surface area contributed by atoms with Crippen molar-refractivity contribution in [3.63, 3.8) is 0 Å². The Labute approximate surface area is 153 Å². The second-order valence-corrected chi connectivity index (χ2v) is 6.77. The molecule has 3 rings (SSSR count). The number of hydrogen-bond donors (Lipinski definition) is 1. The van der Waals surface area contributed by atoms with E-state index in [1.165, 1.54) is 0 Å². The van der Waals surface area contributed by atoms with Gasteiger partial charge in [0.25, 0.3) is 5.91 Å². The lowest BCUT2D eigenvalue weighted by molar-refractivity contribution is -0.143. The Morgan fingerprint density at radius 1 is 1.31 bits per heavy atom. The smallest absolute Gasteiger partial charge is 0.355 e. The van der Waals surface area contributed by atoms with Crippen molar-refractivity contribution in [1.29, 1.82) is 0 Å². The first kappa shape index (κ1) is 18.3. The van der Waals surface area contributed by atoms with E-state index in [0.29, 0.717) is 11.4 Å². The maximum atomic E-state index is 12.7. The molecule has 6 heteroatoms. The summed E-state index contributed by atoms with van der Waals surface area (Å²) >= 11 is 0. The second kappa shape index (κ2) is 7.81. The molecule has 140 valence electrons. The highest BCUT2D eigenvalue weighted by molar-refractivity contribution is 5.96. The van der Waals surface area contributed by atoms with Crippen LogP contribution in [-0.4, -0.2) is 47.6 Å². The van der Waals surface area contributed by atoms with Gasteiger partial charge in [-0.25, -0.2) is 4.79 Å². The Kier molecular flexibility index (Phi) is 5.49. The molecular formula is C20H26N2O4. The van der Waals surface area contributed by atoms with E-state index >= 15 is 0 Å². The number of benzene rings is 1. The van der Waals surface area contributed by atoms with Crippen molar-refractivity contribution in [2.24, 2.45) is 0 Å². The molecule has 1 amide bonds. The quantitative estimate of drug-likeness (QED) is 0.830. The molecule has 0 radical (unpaired) electrons. The van der Waals surface area contributed by atoms with Gasteiger partial charge in [0.15, 0.2) is 6.10 Å². The fraction of sp³-hybridized carbons (Fsp3) is 0.500. The first-order valence-electron chi connectivity index (χ1n) is 9.21. The lowest BCUT2D eigenvalue weighted by atomic mass is 9.99. The van der Waals surface area contributed by atoms with Gasteiger partial charge >= 0.3 is 5.97 Å². The summed E-state index contributed by atoms with van der Waals surface area (Å²) in [5.74, 6) is 0.0762. The monoisotopic (exact) mass is 358 g/mol. The number of piperidine rings is 1. The van der Waals surface area contributed by atoms with E-state index < -0.39 is 12.1 Å². The van der Waals surface area contributed by atoms with E-state index in [4.69, 9.17) is 9.47 Å². The Bertz CT molecular complexity index is 798. The van der Waals surface area contributed by atoms with Crippen molar-refractivity contribution >= 4 is 22.8 Å². The number of fused-ring (bicyclic) bond motifs is 1. The molecule has 6 nitrogen and oxygen atoms in total. The number of likely N-dealkylation sites (tertiary alicyclic amines) is 1. The highest BCUT2D eigenvalue weighted by Gasteiger charge is 2.30. The molecule has 0 aliphatic carbocycles. The van der Waals surface area contributed by atoms with E-state index in [9.17, 15) is 9.59 Å². The second-order valence-electron chi connectivity index (χ2n) is 6.77. The van der Waals surface area contributed by atoms with Crippen molar-refractivity contribution in [2.45, 2.75) is 51.7 Å². The van der Waals surface area contributed by atoms with Crippen molar-refractivity contribution in [1.82, 2.24) is 9.88 Å². The van der Waals surface area contributed by atoms with Crippen LogP contribution in [0.4, 0.5) is 0 Å². The van der Waals surface area contributed by atoms with Crippen molar-refractivity contribution < 1.29 is 19.1 Å². The fourth-order valence-corrected chi connectivity index (χ4v) is 3.57. The predicted molar refractivity (Wildman–Crippen MR) is 99.4 cm³/mol. The van der Waals surface area contributed by atoms with Gasteiger partial charge in [-0.05, 0) is 50.8 Å². The molecule has 1 aliphatic heterocycles. The van der Waals surface area contributed by atoms with Crippen LogP contribution in [0.2, 0.25) is 0 Å². The maximum Gasteiger partial charge on any atom is 0.355 e. The molecule has 1 aliphatic rings. The third-order valence-corrected chi connectivity index (χ3v) is 5.06. The number of aromatic amines is 1. The number of carbonyl (C=O) groups is 2. The number of nitrogens with zero attached hydrogens (tertiary/aromatic N) is 1. The third-order valence-electron chi connectivity index (χ3n) is 5.06. The maximum absolute atomic E-state index is 12.7. The molecule has 2 aromatic rings. The van der Waals surface area contributed by atoms with Crippen LogP contribution < -0.4 is 4.74 Å². The van der Waals surface area contributed by atoms with Gasteiger partial charge in [-0.3, -0.25) is 4.79 Å². The summed E-state index contributed by atoms with van der Waals surface area (Å²) in [7, 11) is 1.59. The summed E-state index contributed by atoms with van der Waals surface area (Å²) in [5.41, 5.74) is 1.12. The number of carbonyl (C=O) groups excluding carboxylic acids is 2. The fourth-order valence-electron chi connectivity index (χ4n) is 3.57. The van der Waals surface area contributed by atoms with E-state index in [-0.39, 0.29) is 11.9 Å². The van der Waals surface area contributed by atoms with Crippen LogP contribution in [0.1, 0.15) is 50.0 Å². The molecule has 1 aromatic carbocycles. The molecule has 2 heterocycles. The molecule has 0 spiro atoms. The predicted octanol–water partition coefficient (Wildman–Crippen LogP) is 3.51. The Morgan fingerprint density at radius 2 is 2.12 bits per heavy atom. The zero-order chi connectivity index (χ0) is 18.7. The summed E-state index contributed by atoms with van der Waals surface area (Å²) in [6.07, 6.45) is 3.31. The molecule has 1 aromatic heterocycles. The lowest BCUT2D eigenvalue weighted by Crippen LogP contribution is -2.48. The number of nitrogens with one attached hydrogen (secondary N) is 1. The van der Waals surface area contributed by atoms with E-state index in [1.54, 1.807) is 20.1 Å². The molecular weight excluding hydrogens is 332 g/mol. The number of esters is 1. The number of ether oxygens (including phenoxy) is 2. The van der Waals surface area contributed by atoms with Crippen LogP contribution in [0.5, 0.6) is 5.75 Å². The Morgan fingerprint density at radius 3 is 2.85 bits per heavy atom. The summed E-state index contributed by atoms with van der Waals surface area (Å²) in [5, 5.41) is 0.888. The molecule has 26 heavy (non-hydrogen) atoms. The largest absolute Gasteiger partial charge is 0.497 e. The van der Waals surface area contributed by atoms with Gasteiger partial charge in [0, 0.05) is 29.6 Å². The minimum Gasteiger partial charge on any atom is -0.497 e. The minimum atomic E-state index is -0.796. The molecule has 2 atom stereocenters. The number of aromatic nitrogens is 1. The number of hydrogen-bond acceptors (Lipinski definition) is 4. The summed E-state index contributed by atoms with van der Waals surface area (Å²) in [6.45, 7) is 4.48. The zero-order valence-electron chi connectivity index (χ0n) is 15.6. The van der Waals surface area contributed by atoms with E-state index in [0.717, 1.165) is 43.1 Å². The average molecular weight is 358 g/mol. The molecule has 0 bridgehead atoms. The van der Waals surface area contributed by atoms with Crippen LogP contribution in [0.3, 0.4) is 0 Å². The highest BCUT2D eigenvalue weighted by atomic mass is 16.5. The van der Waals surface area contributed by atoms with Gasteiger partial charge in [-0.15, -0.1) is 0 Å². The summed E-state index contributed by atoms with van der Waals surface area (Å²) < 4.78 is 10.6. The normalized spacial score (nSPS) is 18.6. The molecule has 1 N–H and O–H groups in total. The van der Waals surface area contributed by atoms with Crippen LogP contribution in [0.15, 0.2) is 24.3 Å². The highest BCUT2D eigenvalue weighted by Crippen LogP contribution is 2.23. The van der Waals surface area contributed by atoms with Gasteiger partial charge < -0.3 is 19.4 Å². The number of amides is 1. The number of methoxy groups -OCH3 is 1. The lowest BCUT2D eigenvalue weighted by Gasteiger charge is -2.36. The molecule has 1 fully saturated rings. The van der Waals surface area contributed by atoms with Gasteiger partial charge in [-0.2, -0.15) is 0 Å². The SMILES string of the molecule is CCC1CCCCN1C(=O)C(C)OC(=O)c1cc2ccc(OC)cc2[nH]1. The Hall–Kier alpha value is -2.50. The molecule has 2 unspecified atom stereocenters.